The summed E-state index contributed by atoms with van der Waals surface area (Å²) in [6.45, 7) is 8.28. The number of ether oxygens (including phenoxy) is 1. The van der Waals surface area contributed by atoms with Gasteiger partial charge in [0.25, 0.3) is 0 Å². The van der Waals surface area contributed by atoms with Crippen molar-refractivity contribution in [2.75, 3.05) is 39.3 Å². The van der Waals surface area contributed by atoms with Gasteiger partial charge in [0, 0.05) is 32.4 Å². The van der Waals surface area contributed by atoms with Gasteiger partial charge in [0.05, 0.1) is 17.1 Å². The molecule has 1 aromatic heterocycles. The predicted octanol–water partition coefficient (Wildman–Crippen LogP) is 1.57. The molecule has 1 aliphatic rings. The van der Waals surface area contributed by atoms with Crippen molar-refractivity contribution < 1.29 is 13.7 Å². The molecule has 0 N–H and O–H groups in total. The van der Waals surface area contributed by atoms with E-state index in [1.54, 1.807) is 6.92 Å². The van der Waals surface area contributed by atoms with Gasteiger partial charge in [0.2, 0.25) is 0 Å². The summed E-state index contributed by atoms with van der Waals surface area (Å²) in [7, 11) is -1.35. The summed E-state index contributed by atoms with van der Waals surface area (Å²) in [5, 5.41) is 0.0648. The first-order chi connectivity index (χ1) is 10.6. The van der Waals surface area contributed by atoms with Crippen molar-refractivity contribution in [1.29, 1.82) is 0 Å². The van der Waals surface area contributed by atoms with E-state index >= 15 is 0 Å². The standard InChI is InChI=1S/C14H20ClN3O3S/c1-3-17-5-7-18(8-6-17)22(20)11-9-12(13(15)16-10-11)14(19)21-4-2/h9-10H,3-8H2,1-2H3. The van der Waals surface area contributed by atoms with E-state index < -0.39 is 17.0 Å². The van der Waals surface area contributed by atoms with Crippen LogP contribution in [0.15, 0.2) is 17.2 Å². The summed E-state index contributed by atoms with van der Waals surface area (Å²) in [4.78, 5) is 18.6. The number of halogens is 1. The van der Waals surface area contributed by atoms with Crippen molar-refractivity contribution in [2.45, 2.75) is 18.7 Å². The summed E-state index contributed by atoms with van der Waals surface area (Å²) >= 11 is 5.92. The Morgan fingerprint density at radius 2 is 2.05 bits per heavy atom. The first-order valence-electron chi connectivity index (χ1n) is 7.28. The molecule has 122 valence electrons. The number of carbonyl (C=O) groups is 1. The summed E-state index contributed by atoms with van der Waals surface area (Å²) in [6.07, 6.45) is 1.45. The normalized spacial score (nSPS) is 18.1. The lowest BCUT2D eigenvalue weighted by atomic mass is 10.3. The highest BCUT2D eigenvalue weighted by Crippen LogP contribution is 2.20. The van der Waals surface area contributed by atoms with Crippen LogP contribution in [0, 0.1) is 0 Å². The second kappa shape index (κ2) is 8.01. The average molecular weight is 346 g/mol. The predicted molar refractivity (Wildman–Crippen MR) is 85.3 cm³/mol. The highest BCUT2D eigenvalue weighted by molar-refractivity contribution is 7.82. The minimum atomic E-state index is -1.35. The fraction of sp³-hybridized carbons (Fsp3) is 0.571. The van der Waals surface area contributed by atoms with Crippen molar-refractivity contribution in [2.24, 2.45) is 0 Å². The highest BCUT2D eigenvalue weighted by Gasteiger charge is 2.23. The third-order valence-corrected chi connectivity index (χ3v) is 5.29. The van der Waals surface area contributed by atoms with Crippen LogP contribution in [0.4, 0.5) is 0 Å². The molecular formula is C14H20ClN3O3S. The van der Waals surface area contributed by atoms with Crippen LogP contribution in [0.25, 0.3) is 0 Å². The highest BCUT2D eigenvalue weighted by atomic mass is 35.5. The van der Waals surface area contributed by atoms with Crippen LogP contribution in [0.3, 0.4) is 0 Å². The van der Waals surface area contributed by atoms with Gasteiger partial charge >= 0.3 is 5.97 Å². The Bertz CT molecular complexity index is 562. The van der Waals surface area contributed by atoms with E-state index in [2.05, 4.69) is 16.8 Å². The summed E-state index contributed by atoms with van der Waals surface area (Å²) < 4.78 is 19.4. The Balaban J connectivity index is 2.13. The number of hydrogen-bond donors (Lipinski definition) is 0. The maximum absolute atomic E-state index is 12.6. The smallest absolute Gasteiger partial charge is 0.341 e. The van der Waals surface area contributed by atoms with Gasteiger partial charge in [-0.05, 0) is 19.5 Å². The monoisotopic (exact) mass is 345 g/mol. The lowest BCUT2D eigenvalue weighted by molar-refractivity contribution is 0.0526. The van der Waals surface area contributed by atoms with Crippen LogP contribution in [0.5, 0.6) is 0 Å². The first-order valence-corrected chi connectivity index (χ1v) is 8.77. The quantitative estimate of drug-likeness (QED) is 0.599. The van der Waals surface area contributed by atoms with Gasteiger partial charge in [-0.15, -0.1) is 0 Å². The van der Waals surface area contributed by atoms with E-state index in [0.717, 1.165) is 32.7 Å². The van der Waals surface area contributed by atoms with Crippen LogP contribution in [0.1, 0.15) is 24.2 Å². The van der Waals surface area contributed by atoms with Gasteiger partial charge in [0.15, 0.2) is 0 Å². The van der Waals surface area contributed by atoms with Crippen molar-refractivity contribution in [1.82, 2.24) is 14.2 Å². The van der Waals surface area contributed by atoms with E-state index in [1.165, 1.54) is 12.3 Å². The zero-order valence-corrected chi connectivity index (χ0v) is 14.3. The van der Waals surface area contributed by atoms with E-state index in [-0.39, 0.29) is 17.3 Å². The van der Waals surface area contributed by atoms with Crippen molar-refractivity contribution in [3.63, 3.8) is 0 Å². The van der Waals surface area contributed by atoms with E-state index in [9.17, 15) is 9.00 Å². The first kappa shape index (κ1) is 17.3. The van der Waals surface area contributed by atoms with Crippen LogP contribution in [0.2, 0.25) is 5.15 Å². The molecular weight excluding hydrogens is 326 g/mol. The summed E-state index contributed by atoms with van der Waals surface area (Å²) in [6, 6.07) is 1.51. The van der Waals surface area contributed by atoms with Crippen LogP contribution in [-0.4, -0.2) is 63.7 Å². The van der Waals surface area contributed by atoms with Gasteiger partial charge in [-0.25, -0.2) is 18.3 Å². The third kappa shape index (κ3) is 4.04. The van der Waals surface area contributed by atoms with E-state index in [0.29, 0.717) is 4.90 Å². The Morgan fingerprint density at radius 3 is 2.64 bits per heavy atom. The zero-order valence-electron chi connectivity index (χ0n) is 12.7. The van der Waals surface area contributed by atoms with Gasteiger partial charge in [-0.2, -0.15) is 0 Å². The molecule has 2 rings (SSSR count). The van der Waals surface area contributed by atoms with Crippen LogP contribution < -0.4 is 0 Å². The average Bonchev–Trinajstić information content (AvgIpc) is 2.55. The summed E-state index contributed by atoms with van der Waals surface area (Å²) in [5.74, 6) is -0.547. The van der Waals surface area contributed by atoms with Crippen molar-refractivity contribution in [3.05, 3.63) is 23.0 Å². The number of rotatable bonds is 5. The van der Waals surface area contributed by atoms with Crippen LogP contribution in [-0.2, 0) is 15.7 Å². The molecule has 0 aliphatic carbocycles. The maximum Gasteiger partial charge on any atom is 0.341 e. The Kier molecular flexibility index (Phi) is 6.31. The minimum absolute atomic E-state index is 0.0648. The minimum Gasteiger partial charge on any atom is -0.462 e. The molecule has 1 saturated heterocycles. The fourth-order valence-electron chi connectivity index (χ4n) is 2.24. The van der Waals surface area contributed by atoms with Gasteiger partial charge in [0.1, 0.15) is 16.1 Å². The Labute approximate surface area is 138 Å². The second-order valence-corrected chi connectivity index (χ2v) is 6.69. The Hall–Kier alpha value is -1.02. The largest absolute Gasteiger partial charge is 0.462 e. The molecule has 1 aromatic rings. The molecule has 0 aromatic carbocycles. The van der Waals surface area contributed by atoms with Gasteiger partial charge in [-0.1, -0.05) is 18.5 Å². The van der Waals surface area contributed by atoms with Gasteiger partial charge in [-0.3, -0.25) is 0 Å². The molecule has 8 heteroatoms. The molecule has 0 bridgehead atoms. The molecule has 2 heterocycles. The van der Waals surface area contributed by atoms with Crippen LogP contribution >= 0.6 is 11.6 Å². The molecule has 0 saturated carbocycles. The molecule has 1 atom stereocenters. The lowest BCUT2D eigenvalue weighted by Crippen LogP contribution is -2.46. The molecule has 0 radical (unpaired) electrons. The van der Waals surface area contributed by atoms with Crippen molar-refractivity contribution >= 4 is 28.6 Å². The molecule has 1 fully saturated rings. The molecule has 6 nitrogen and oxygen atoms in total. The van der Waals surface area contributed by atoms with Crippen molar-refractivity contribution in [3.8, 4) is 0 Å². The van der Waals surface area contributed by atoms with E-state index in [4.69, 9.17) is 16.3 Å². The number of nitrogens with zero attached hydrogens (tertiary/aromatic N) is 3. The maximum atomic E-state index is 12.6. The molecule has 1 unspecified atom stereocenters. The number of piperazine rings is 1. The van der Waals surface area contributed by atoms with E-state index in [1.807, 2.05) is 4.31 Å². The molecule has 0 spiro atoms. The zero-order chi connectivity index (χ0) is 16.1. The second-order valence-electron chi connectivity index (χ2n) is 4.84. The van der Waals surface area contributed by atoms with Gasteiger partial charge < -0.3 is 9.64 Å². The summed E-state index contributed by atoms with van der Waals surface area (Å²) in [5.41, 5.74) is 0.154. The number of pyridine rings is 1. The number of likely N-dealkylation sites (N-methyl/N-ethyl adjacent to an activating group) is 1. The fourth-order valence-corrected chi connectivity index (χ4v) is 3.57. The Morgan fingerprint density at radius 1 is 1.36 bits per heavy atom. The number of aromatic nitrogens is 1. The SMILES string of the molecule is CCOC(=O)c1cc(S(=O)N2CCN(CC)CC2)cnc1Cl. The number of carbonyl (C=O) groups excluding carboxylic acids is 1. The third-order valence-electron chi connectivity index (χ3n) is 3.52. The number of hydrogen-bond acceptors (Lipinski definition) is 5. The lowest BCUT2D eigenvalue weighted by Gasteiger charge is -2.32. The molecule has 0 amide bonds. The molecule has 22 heavy (non-hydrogen) atoms. The number of esters is 1. The molecule has 1 aliphatic heterocycles. The topological polar surface area (TPSA) is 62.7 Å².